The average Bonchev–Trinajstić information content (AvgIpc) is 2.52. The molecule has 0 aliphatic carbocycles. The lowest BCUT2D eigenvalue weighted by Crippen LogP contribution is -2.19. The molecule has 0 unspecified atom stereocenters. The Hall–Kier alpha value is -2.72. The second kappa shape index (κ2) is 7.90. The molecule has 0 aromatic heterocycles. The van der Waals surface area contributed by atoms with E-state index in [4.69, 9.17) is 5.21 Å². The van der Waals surface area contributed by atoms with Gasteiger partial charge in [0.25, 0.3) is 5.91 Å². The summed E-state index contributed by atoms with van der Waals surface area (Å²) in [5.41, 5.74) is 3.22. The van der Waals surface area contributed by atoms with Crippen molar-refractivity contribution in [2.75, 3.05) is 0 Å². The van der Waals surface area contributed by atoms with Crippen LogP contribution in [0.25, 0.3) is 0 Å². The fourth-order valence-electron chi connectivity index (χ4n) is 2.04. The van der Waals surface area contributed by atoms with Gasteiger partial charge in [-0.3, -0.25) is 10.0 Å². The number of rotatable bonds is 3. The average molecular weight is 297 g/mol. The molecule has 0 radical (unpaired) electrons. The van der Waals surface area contributed by atoms with Gasteiger partial charge in [0.05, 0.1) is 0 Å². The number of benzene rings is 1. The van der Waals surface area contributed by atoms with Crippen LogP contribution in [0.15, 0.2) is 72.8 Å². The quantitative estimate of drug-likeness (QED) is 0.671. The van der Waals surface area contributed by atoms with Gasteiger partial charge in [0.2, 0.25) is 0 Å². The van der Waals surface area contributed by atoms with E-state index >= 15 is 0 Å². The molecule has 22 heavy (non-hydrogen) atoms. The third-order valence-electron chi connectivity index (χ3n) is 3.02. The minimum atomic E-state index is -0.732. The van der Waals surface area contributed by atoms with Gasteiger partial charge in [-0.1, -0.05) is 54.6 Å². The Balaban J connectivity index is 2.35. The van der Waals surface area contributed by atoms with Crippen molar-refractivity contribution in [2.24, 2.45) is 0 Å². The van der Waals surface area contributed by atoms with Crippen LogP contribution in [-0.2, 0) is 6.42 Å². The minimum absolute atomic E-state index is 0.0836. The van der Waals surface area contributed by atoms with Crippen molar-refractivity contribution in [1.82, 2.24) is 5.48 Å². The Morgan fingerprint density at radius 2 is 1.50 bits per heavy atom. The molecule has 0 fully saturated rings. The van der Waals surface area contributed by atoms with Crippen LogP contribution in [0.2, 0.25) is 0 Å². The first kappa shape index (κ1) is 15.7. The van der Waals surface area contributed by atoms with Crippen molar-refractivity contribution in [1.29, 1.82) is 0 Å². The third kappa shape index (κ3) is 4.68. The van der Waals surface area contributed by atoms with Crippen LogP contribution in [-0.4, -0.2) is 11.1 Å². The number of hydrogen-bond donors (Lipinski definition) is 2. The molecule has 0 heterocycles. The van der Waals surface area contributed by atoms with E-state index in [2.05, 4.69) is 0 Å². The van der Waals surface area contributed by atoms with E-state index in [9.17, 15) is 9.18 Å². The standard InChI is InChI=1S/C18H16FNO2/c19-17-12-15(11-16(13-17)18(21)20-22)10-14-8-6-4-2-1-3-5-7-9-14/h1-9,11-13,22H,10H2,(H,20,21). The summed E-state index contributed by atoms with van der Waals surface area (Å²) in [5, 5.41) is 8.65. The van der Waals surface area contributed by atoms with Crippen molar-refractivity contribution in [3.05, 3.63) is 95.3 Å². The van der Waals surface area contributed by atoms with Crippen molar-refractivity contribution in [3.63, 3.8) is 0 Å². The monoisotopic (exact) mass is 297 g/mol. The summed E-state index contributed by atoms with van der Waals surface area (Å²) < 4.78 is 13.6. The Labute approximate surface area is 128 Å². The van der Waals surface area contributed by atoms with Crippen molar-refractivity contribution < 1.29 is 14.4 Å². The van der Waals surface area contributed by atoms with Crippen LogP contribution in [0.3, 0.4) is 0 Å². The van der Waals surface area contributed by atoms with Gasteiger partial charge >= 0.3 is 0 Å². The Kier molecular flexibility index (Phi) is 5.63. The Bertz CT molecular complexity index is 690. The summed E-state index contributed by atoms with van der Waals surface area (Å²) in [5.74, 6) is -1.25. The number of carbonyl (C=O) groups excluding carboxylic acids is 1. The van der Waals surface area contributed by atoms with E-state index in [-0.39, 0.29) is 5.56 Å². The molecule has 3 nitrogen and oxygen atoms in total. The van der Waals surface area contributed by atoms with E-state index in [0.29, 0.717) is 12.0 Å². The highest BCUT2D eigenvalue weighted by Gasteiger charge is 2.08. The largest absolute Gasteiger partial charge is 0.288 e. The minimum Gasteiger partial charge on any atom is -0.288 e. The van der Waals surface area contributed by atoms with Crippen LogP contribution in [0.5, 0.6) is 0 Å². The van der Waals surface area contributed by atoms with Crippen LogP contribution in [0.1, 0.15) is 21.5 Å². The molecular weight excluding hydrogens is 281 g/mol. The van der Waals surface area contributed by atoms with Gasteiger partial charge in [-0.25, -0.2) is 9.87 Å². The lowest BCUT2D eigenvalue weighted by molar-refractivity contribution is 0.0706. The normalized spacial score (nSPS) is 9.73. The summed E-state index contributed by atoms with van der Waals surface area (Å²) in [6.07, 6.45) is 0.474. The number of amides is 1. The second-order valence-corrected chi connectivity index (χ2v) is 4.72. The molecule has 0 saturated heterocycles. The number of halogens is 1. The van der Waals surface area contributed by atoms with Crippen LogP contribution in [0, 0.1) is 5.82 Å². The zero-order valence-corrected chi connectivity index (χ0v) is 11.9. The van der Waals surface area contributed by atoms with Crippen molar-refractivity contribution in [3.8, 4) is 0 Å². The van der Waals surface area contributed by atoms with E-state index in [1.54, 1.807) is 6.07 Å². The lowest BCUT2D eigenvalue weighted by atomic mass is 10.0. The van der Waals surface area contributed by atoms with E-state index in [1.807, 2.05) is 54.6 Å². The van der Waals surface area contributed by atoms with Crippen LogP contribution < -0.4 is 5.48 Å². The predicted molar refractivity (Wildman–Crippen MR) is 82.5 cm³/mol. The fraction of sp³-hybridized carbons (Fsp3) is 0.0556. The van der Waals surface area contributed by atoms with Gasteiger partial charge in [0.15, 0.2) is 0 Å². The summed E-state index contributed by atoms with van der Waals surface area (Å²) in [6, 6.07) is 21.2. The van der Waals surface area contributed by atoms with Gasteiger partial charge in [0, 0.05) is 5.56 Å². The summed E-state index contributed by atoms with van der Waals surface area (Å²) >= 11 is 0. The zero-order chi connectivity index (χ0) is 15.8. The zero-order valence-electron chi connectivity index (χ0n) is 11.9. The first-order chi connectivity index (χ1) is 10.7. The molecule has 2 aromatic rings. The van der Waals surface area contributed by atoms with Gasteiger partial charge in [-0.05, 0) is 35.7 Å². The van der Waals surface area contributed by atoms with Gasteiger partial charge in [-0.15, -0.1) is 0 Å². The smallest absolute Gasteiger partial charge is 0.274 e. The Morgan fingerprint density at radius 3 is 2.09 bits per heavy atom. The molecule has 0 atom stereocenters. The first-order valence-corrected chi connectivity index (χ1v) is 6.80. The molecule has 112 valence electrons. The maximum Gasteiger partial charge on any atom is 0.274 e. The van der Waals surface area contributed by atoms with E-state index in [1.165, 1.54) is 11.5 Å². The highest BCUT2D eigenvalue weighted by atomic mass is 19.1. The molecule has 1 amide bonds. The van der Waals surface area contributed by atoms with Gasteiger partial charge in [0.1, 0.15) is 5.82 Å². The summed E-state index contributed by atoms with van der Waals surface area (Å²) in [7, 11) is 0. The number of carbonyl (C=O) groups is 1. The molecule has 4 heteroatoms. The third-order valence-corrected chi connectivity index (χ3v) is 3.02. The van der Waals surface area contributed by atoms with Crippen molar-refractivity contribution >= 4 is 5.91 Å². The highest BCUT2D eigenvalue weighted by Crippen LogP contribution is 2.13. The number of hydrogen-bond acceptors (Lipinski definition) is 2. The molecule has 0 bridgehead atoms. The second-order valence-electron chi connectivity index (χ2n) is 4.72. The molecule has 2 rings (SSSR count). The number of hydroxylamine groups is 1. The van der Waals surface area contributed by atoms with Crippen LogP contribution >= 0.6 is 0 Å². The fourth-order valence-corrected chi connectivity index (χ4v) is 2.04. The number of nitrogens with one attached hydrogen (secondary N) is 1. The molecule has 2 aromatic carbocycles. The maximum atomic E-state index is 13.6. The SMILES string of the molecule is O=C(NO)c1cc(F)cc(Cc2ccccccccc2)c1. The van der Waals surface area contributed by atoms with Crippen molar-refractivity contribution in [2.45, 2.75) is 6.42 Å². The summed E-state index contributed by atoms with van der Waals surface area (Å²) in [6.45, 7) is 0. The molecule has 2 N–H and O–H groups in total. The van der Waals surface area contributed by atoms with E-state index < -0.39 is 11.7 Å². The van der Waals surface area contributed by atoms with Gasteiger partial charge in [-0.2, -0.15) is 0 Å². The Morgan fingerprint density at radius 1 is 0.909 bits per heavy atom. The van der Waals surface area contributed by atoms with E-state index in [0.717, 1.165) is 11.6 Å². The molecule has 0 spiro atoms. The lowest BCUT2D eigenvalue weighted by Gasteiger charge is -2.05. The topological polar surface area (TPSA) is 49.3 Å². The van der Waals surface area contributed by atoms with Crippen LogP contribution in [0.4, 0.5) is 4.39 Å². The maximum absolute atomic E-state index is 13.6. The molecule has 0 aliphatic heterocycles. The first-order valence-electron chi connectivity index (χ1n) is 6.80. The predicted octanol–water partition coefficient (Wildman–Crippen LogP) is 3.66. The molecule has 0 saturated carbocycles. The molecule has 0 aliphatic rings. The highest BCUT2D eigenvalue weighted by molar-refractivity contribution is 5.93. The molecular formula is C18H16FNO2. The summed E-state index contributed by atoms with van der Waals surface area (Å²) in [4.78, 5) is 11.4. The van der Waals surface area contributed by atoms with Gasteiger partial charge < -0.3 is 0 Å².